The molecule has 0 aliphatic carbocycles. The fraction of sp³-hybridized carbons (Fsp3) is 0.259. The van der Waals surface area contributed by atoms with Gasteiger partial charge in [0.05, 0.1) is 17.3 Å². The minimum absolute atomic E-state index is 0.224. The van der Waals surface area contributed by atoms with Crippen LogP contribution in [0.15, 0.2) is 84.9 Å². The van der Waals surface area contributed by atoms with Crippen molar-refractivity contribution in [1.82, 2.24) is 20.4 Å². The van der Waals surface area contributed by atoms with Gasteiger partial charge in [-0.3, -0.25) is 19.9 Å². The summed E-state index contributed by atoms with van der Waals surface area (Å²) in [5, 5.41) is 5.57. The molecule has 34 heavy (non-hydrogen) atoms. The van der Waals surface area contributed by atoms with Crippen LogP contribution >= 0.6 is 11.6 Å². The van der Waals surface area contributed by atoms with E-state index in [0.717, 1.165) is 32.8 Å². The number of carbonyl (C=O) groups is 2. The van der Waals surface area contributed by atoms with Crippen LogP contribution in [0.4, 0.5) is 4.79 Å². The molecule has 0 atom stereocenters. The molecule has 3 aromatic rings. The number of imide groups is 1. The second kappa shape index (κ2) is 11.8. The van der Waals surface area contributed by atoms with Crippen LogP contribution < -0.4 is 10.6 Å². The second-order valence-corrected chi connectivity index (χ2v) is 9.05. The van der Waals surface area contributed by atoms with Gasteiger partial charge in [-0.15, -0.1) is 0 Å². The number of nitrogens with one attached hydrogen (secondary N) is 2. The van der Waals surface area contributed by atoms with Crippen molar-refractivity contribution in [2.24, 2.45) is 5.92 Å². The first-order valence-corrected chi connectivity index (χ1v) is 11.8. The number of urea groups is 1. The Morgan fingerprint density at radius 2 is 1.32 bits per heavy atom. The minimum atomic E-state index is -0.514. The Kier molecular flexibility index (Phi) is 8.31. The Morgan fingerprint density at radius 3 is 1.88 bits per heavy atom. The van der Waals surface area contributed by atoms with Gasteiger partial charge >= 0.3 is 6.03 Å². The van der Waals surface area contributed by atoms with Crippen molar-refractivity contribution in [3.8, 4) is 0 Å². The molecule has 4 rings (SSSR count). The zero-order valence-corrected chi connectivity index (χ0v) is 19.7. The summed E-state index contributed by atoms with van der Waals surface area (Å²) in [5.74, 6) is -0.287. The van der Waals surface area contributed by atoms with E-state index in [4.69, 9.17) is 11.6 Å². The normalized spacial score (nSPS) is 15.1. The molecular weight excluding hydrogens is 448 g/mol. The average Bonchev–Trinajstić information content (AvgIpc) is 2.84. The molecule has 0 bridgehead atoms. The Labute approximate surface area is 205 Å². The van der Waals surface area contributed by atoms with Crippen molar-refractivity contribution in [3.63, 3.8) is 0 Å². The standard InChI is InChI=1S/C27H29ClN4O2/c28-25-14-8-7-13-24(25)26(33)30-27(34)29-15-23-18-31(16-21-9-3-1-4-10-21)20-32(19-23)17-22-11-5-2-6-12-22/h1-14,23H,15-20H2,(H2,29,30,33,34). The topological polar surface area (TPSA) is 64.7 Å². The monoisotopic (exact) mass is 476 g/mol. The number of rotatable bonds is 7. The highest BCUT2D eigenvalue weighted by Crippen LogP contribution is 2.18. The van der Waals surface area contributed by atoms with Crippen LogP contribution in [0.1, 0.15) is 21.5 Å². The summed E-state index contributed by atoms with van der Waals surface area (Å²) in [6.07, 6.45) is 0. The fourth-order valence-electron chi connectivity index (χ4n) is 4.32. The second-order valence-electron chi connectivity index (χ2n) is 8.65. The van der Waals surface area contributed by atoms with Crippen LogP contribution in [-0.4, -0.2) is 48.0 Å². The molecule has 0 radical (unpaired) electrons. The van der Waals surface area contributed by atoms with Crippen molar-refractivity contribution in [2.75, 3.05) is 26.3 Å². The van der Waals surface area contributed by atoms with Crippen LogP contribution in [0.3, 0.4) is 0 Å². The van der Waals surface area contributed by atoms with Gasteiger partial charge in [0.15, 0.2) is 0 Å². The molecule has 1 saturated heterocycles. The Morgan fingerprint density at radius 1 is 0.794 bits per heavy atom. The van der Waals surface area contributed by atoms with E-state index in [0.29, 0.717) is 11.6 Å². The third kappa shape index (κ3) is 6.90. The quantitative estimate of drug-likeness (QED) is 0.531. The first-order valence-electron chi connectivity index (χ1n) is 11.4. The van der Waals surface area contributed by atoms with Crippen molar-refractivity contribution in [1.29, 1.82) is 0 Å². The first-order chi connectivity index (χ1) is 16.6. The number of nitrogens with zero attached hydrogens (tertiary/aromatic N) is 2. The van der Waals surface area contributed by atoms with Crippen molar-refractivity contribution in [2.45, 2.75) is 13.1 Å². The molecule has 3 amide bonds. The zero-order chi connectivity index (χ0) is 23.8. The third-order valence-corrected chi connectivity index (χ3v) is 6.16. The molecule has 7 heteroatoms. The summed E-state index contributed by atoms with van der Waals surface area (Å²) in [5.41, 5.74) is 2.80. The van der Waals surface area contributed by atoms with E-state index in [1.807, 2.05) is 12.1 Å². The lowest BCUT2D eigenvalue weighted by atomic mass is 10.0. The molecule has 2 N–H and O–H groups in total. The molecule has 0 unspecified atom stereocenters. The van der Waals surface area contributed by atoms with Gasteiger partial charge < -0.3 is 5.32 Å². The minimum Gasteiger partial charge on any atom is -0.337 e. The highest BCUT2D eigenvalue weighted by Gasteiger charge is 2.26. The maximum absolute atomic E-state index is 12.4. The van der Waals surface area contributed by atoms with E-state index in [1.165, 1.54) is 11.1 Å². The van der Waals surface area contributed by atoms with E-state index in [2.05, 4.69) is 69.0 Å². The highest BCUT2D eigenvalue weighted by atomic mass is 35.5. The fourth-order valence-corrected chi connectivity index (χ4v) is 4.55. The molecule has 1 aliphatic rings. The lowest BCUT2D eigenvalue weighted by molar-refractivity contribution is 0.0380. The summed E-state index contributed by atoms with van der Waals surface area (Å²) in [4.78, 5) is 29.6. The molecule has 1 aliphatic heterocycles. The predicted molar refractivity (Wildman–Crippen MR) is 134 cm³/mol. The number of carbonyl (C=O) groups excluding carboxylic acids is 2. The first kappa shape index (κ1) is 24.0. The van der Waals surface area contributed by atoms with Crippen LogP contribution in [-0.2, 0) is 13.1 Å². The maximum Gasteiger partial charge on any atom is 0.321 e. The summed E-state index contributed by atoms with van der Waals surface area (Å²) in [6.45, 7) is 4.74. The van der Waals surface area contributed by atoms with Crippen LogP contribution in [0, 0.1) is 5.92 Å². The van der Waals surface area contributed by atoms with Gasteiger partial charge in [0.25, 0.3) is 5.91 Å². The largest absolute Gasteiger partial charge is 0.337 e. The molecule has 6 nitrogen and oxygen atoms in total. The van der Waals surface area contributed by atoms with Gasteiger partial charge in [-0.05, 0) is 23.3 Å². The Hall–Kier alpha value is -3.19. The molecular formula is C27H29ClN4O2. The van der Waals surface area contributed by atoms with Crippen LogP contribution in [0.2, 0.25) is 5.02 Å². The molecule has 0 spiro atoms. The summed E-state index contributed by atoms with van der Waals surface area (Å²) < 4.78 is 0. The third-order valence-electron chi connectivity index (χ3n) is 5.83. The van der Waals surface area contributed by atoms with Gasteiger partial charge in [0.2, 0.25) is 0 Å². The van der Waals surface area contributed by atoms with Crippen molar-refractivity contribution < 1.29 is 9.59 Å². The van der Waals surface area contributed by atoms with Crippen molar-refractivity contribution >= 4 is 23.5 Å². The smallest absolute Gasteiger partial charge is 0.321 e. The van der Waals surface area contributed by atoms with Gasteiger partial charge in [-0.2, -0.15) is 0 Å². The molecule has 3 aromatic carbocycles. The maximum atomic E-state index is 12.4. The number of halogens is 1. The van der Waals surface area contributed by atoms with Gasteiger partial charge in [-0.1, -0.05) is 84.4 Å². The van der Waals surface area contributed by atoms with E-state index < -0.39 is 11.9 Å². The van der Waals surface area contributed by atoms with Gasteiger partial charge in [0.1, 0.15) is 0 Å². The number of hydrogen-bond acceptors (Lipinski definition) is 4. The van der Waals surface area contributed by atoms with E-state index in [1.54, 1.807) is 24.3 Å². The average molecular weight is 477 g/mol. The summed E-state index contributed by atoms with van der Waals surface area (Å²) in [7, 11) is 0. The van der Waals surface area contributed by atoms with E-state index in [-0.39, 0.29) is 11.5 Å². The lowest BCUT2D eigenvalue weighted by Crippen LogP contribution is -2.52. The lowest BCUT2D eigenvalue weighted by Gasteiger charge is -2.40. The number of amides is 3. The van der Waals surface area contributed by atoms with Gasteiger partial charge in [-0.25, -0.2) is 4.79 Å². The summed E-state index contributed by atoms with van der Waals surface area (Å²) in [6, 6.07) is 27.0. The Bertz CT molecular complexity index is 1040. The zero-order valence-electron chi connectivity index (χ0n) is 19.0. The van der Waals surface area contributed by atoms with Gasteiger partial charge in [0, 0.05) is 38.6 Å². The molecule has 1 heterocycles. The van der Waals surface area contributed by atoms with E-state index in [9.17, 15) is 9.59 Å². The van der Waals surface area contributed by atoms with E-state index >= 15 is 0 Å². The molecule has 1 fully saturated rings. The van der Waals surface area contributed by atoms with Crippen LogP contribution in [0.5, 0.6) is 0 Å². The molecule has 0 saturated carbocycles. The SMILES string of the molecule is O=C(NCC1CN(Cc2ccccc2)CN(Cc2ccccc2)C1)NC(=O)c1ccccc1Cl. The number of hydrogen-bond donors (Lipinski definition) is 2. The molecule has 176 valence electrons. The van der Waals surface area contributed by atoms with Crippen LogP contribution in [0.25, 0.3) is 0 Å². The number of benzene rings is 3. The van der Waals surface area contributed by atoms with Crippen molar-refractivity contribution in [3.05, 3.63) is 107 Å². The summed E-state index contributed by atoms with van der Waals surface area (Å²) >= 11 is 6.06. The highest BCUT2D eigenvalue weighted by molar-refractivity contribution is 6.34. The predicted octanol–water partition coefficient (Wildman–Crippen LogP) is 4.37. The Balaban J connectivity index is 1.36. The molecule has 0 aromatic heterocycles.